The van der Waals surface area contributed by atoms with Gasteiger partial charge in [-0.05, 0) is 19.8 Å². The number of carboxylic acid groups (broad SMARTS) is 1. The number of allylic oxidation sites excluding steroid dienone is 2. The van der Waals surface area contributed by atoms with E-state index in [4.69, 9.17) is 15.3 Å². The molecular formula is C16H31NO5. The summed E-state index contributed by atoms with van der Waals surface area (Å²) in [7, 11) is 0. The number of aliphatic hydroxyl groups is 2. The van der Waals surface area contributed by atoms with E-state index in [0.29, 0.717) is 25.9 Å². The highest BCUT2D eigenvalue weighted by Gasteiger charge is 2.18. The maximum atomic E-state index is 10.7. The van der Waals surface area contributed by atoms with E-state index in [-0.39, 0.29) is 12.2 Å². The normalized spacial score (nSPS) is 14.5. The molecule has 0 unspecified atom stereocenters. The van der Waals surface area contributed by atoms with Gasteiger partial charge in [0.05, 0.1) is 6.54 Å². The molecule has 6 heteroatoms. The molecule has 0 atom stereocenters. The van der Waals surface area contributed by atoms with Crippen LogP contribution in [0.4, 0.5) is 0 Å². The van der Waals surface area contributed by atoms with E-state index in [2.05, 4.69) is 0 Å². The quantitative estimate of drug-likeness (QED) is 0.376. The zero-order chi connectivity index (χ0) is 17.4. The first-order chi connectivity index (χ1) is 10.5. The Balaban J connectivity index is 0. The lowest BCUT2D eigenvalue weighted by Gasteiger charge is -2.13. The minimum Gasteiger partial charge on any atom is -0.481 e. The Morgan fingerprint density at radius 2 is 2.00 bits per heavy atom. The van der Waals surface area contributed by atoms with Crippen molar-refractivity contribution in [2.75, 3.05) is 19.6 Å². The monoisotopic (exact) mass is 317 g/mol. The summed E-state index contributed by atoms with van der Waals surface area (Å²) >= 11 is 0. The van der Waals surface area contributed by atoms with Crippen molar-refractivity contribution in [1.29, 1.82) is 0 Å². The average Bonchev–Trinajstić information content (AvgIpc) is 2.90. The molecule has 0 aromatic carbocycles. The zero-order valence-corrected chi connectivity index (χ0v) is 14.0. The molecule has 0 aromatic heterocycles. The minimum atomic E-state index is -1.24. The Hall–Kier alpha value is -1.24. The summed E-state index contributed by atoms with van der Waals surface area (Å²) in [5, 5.41) is 25.2. The van der Waals surface area contributed by atoms with Gasteiger partial charge in [-0.25, -0.2) is 0 Å². The number of rotatable bonds is 7. The van der Waals surface area contributed by atoms with Gasteiger partial charge in [-0.1, -0.05) is 26.0 Å². The zero-order valence-electron chi connectivity index (χ0n) is 14.0. The molecule has 1 aliphatic rings. The summed E-state index contributed by atoms with van der Waals surface area (Å²) in [5.41, 5.74) is 0. The smallest absolute Gasteiger partial charge is 0.303 e. The fraction of sp³-hybridized carbons (Fsp3) is 0.750. The number of carbonyl (C=O) groups is 2. The molecule has 0 amide bonds. The Morgan fingerprint density at radius 1 is 1.36 bits per heavy atom. The third kappa shape index (κ3) is 16.8. The Morgan fingerprint density at radius 3 is 2.41 bits per heavy atom. The number of ketones is 1. The topological polar surface area (TPSA) is 98.1 Å². The Kier molecular flexibility index (Phi) is 16.9. The van der Waals surface area contributed by atoms with Gasteiger partial charge in [0, 0.05) is 32.4 Å². The number of nitrogens with zero attached hydrogens (tertiary/aromatic N) is 1. The van der Waals surface area contributed by atoms with Crippen LogP contribution >= 0.6 is 0 Å². The fourth-order valence-electron chi connectivity index (χ4n) is 1.72. The highest BCUT2D eigenvalue weighted by atomic mass is 16.5. The first-order valence-electron chi connectivity index (χ1n) is 7.88. The van der Waals surface area contributed by atoms with Crippen molar-refractivity contribution in [1.82, 2.24) is 4.90 Å². The number of hydrogen-bond acceptors (Lipinski definition) is 5. The Bertz CT molecular complexity index is 316. The molecule has 6 nitrogen and oxygen atoms in total. The van der Waals surface area contributed by atoms with Crippen LogP contribution in [0.2, 0.25) is 0 Å². The molecule has 1 aliphatic heterocycles. The summed E-state index contributed by atoms with van der Waals surface area (Å²) in [6.45, 7) is 7.78. The second kappa shape index (κ2) is 16.1. The predicted octanol–water partition coefficient (Wildman–Crippen LogP) is 1.81. The first-order valence-corrected chi connectivity index (χ1v) is 7.88. The number of aliphatic carboxylic acids is 1. The van der Waals surface area contributed by atoms with Crippen molar-refractivity contribution < 1.29 is 24.9 Å². The van der Waals surface area contributed by atoms with Crippen LogP contribution in [0.25, 0.3) is 0 Å². The van der Waals surface area contributed by atoms with Crippen LogP contribution in [0.15, 0.2) is 12.2 Å². The van der Waals surface area contributed by atoms with E-state index in [1.807, 2.05) is 37.8 Å². The molecule has 0 aliphatic carbocycles. The molecule has 1 fully saturated rings. The maximum Gasteiger partial charge on any atom is 0.303 e. The molecule has 0 radical (unpaired) electrons. The molecule has 130 valence electrons. The number of carboxylic acids is 1. The van der Waals surface area contributed by atoms with E-state index < -0.39 is 12.3 Å². The summed E-state index contributed by atoms with van der Waals surface area (Å²) < 4.78 is 0. The van der Waals surface area contributed by atoms with Crippen LogP contribution in [0, 0.1) is 0 Å². The lowest BCUT2D eigenvalue weighted by molar-refractivity contribution is -0.137. The van der Waals surface area contributed by atoms with Crippen LogP contribution in [-0.4, -0.2) is 57.9 Å². The van der Waals surface area contributed by atoms with Gasteiger partial charge in [-0.2, -0.15) is 0 Å². The molecular weight excluding hydrogens is 286 g/mol. The van der Waals surface area contributed by atoms with Crippen LogP contribution in [0.5, 0.6) is 0 Å². The van der Waals surface area contributed by atoms with Gasteiger partial charge < -0.3 is 15.3 Å². The lowest BCUT2D eigenvalue weighted by atomic mass is 10.2. The highest BCUT2D eigenvalue weighted by Crippen LogP contribution is 2.04. The van der Waals surface area contributed by atoms with E-state index >= 15 is 0 Å². The van der Waals surface area contributed by atoms with E-state index in [1.54, 1.807) is 0 Å². The van der Waals surface area contributed by atoms with Gasteiger partial charge in [0.1, 0.15) is 5.78 Å². The lowest BCUT2D eigenvalue weighted by Crippen LogP contribution is -2.25. The molecule has 22 heavy (non-hydrogen) atoms. The summed E-state index contributed by atoms with van der Waals surface area (Å²) in [5.74, 6) is -0.461. The number of hydrogen-bond donors (Lipinski definition) is 3. The van der Waals surface area contributed by atoms with Crippen molar-refractivity contribution in [3.63, 3.8) is 0 Å². The van der Waals surface area contributed by atoms with Gasteiger partial charge in [-0.3, -0.25) is 14.5 Å². The molecule has 0 bridgehead atoms. The number of aliphatic hydroxyl groups excluding tert-OH is 1. The molecule has 3 N–H and O–H groups in total. The standard InChI is InChI=1S/C7H13NO3.C7H12O2.C2H6/c9-6-1-3-8(5-6)4-2-7(10)11;1-2-3-4-5-6-7(8)9;1-2/h7,10-11H,1-5H2;2-3H,4-6H2,1H3,(H,8,9);1-2H3/b;3-2-;. The molecule has 0 aromatic rings. The second-order valence-corrected chi connectivity index (χ2v) is 4.69. The largest absolute Gasteiger partial charge is 0.481 e. The predicted molar refractivity (Wildman–Crippen MR) is 86.6 cm³/mol. The van der Waals surface area contributed by atoms with Crippen molar-refractivity contribution >= 4 is 11.8 Å². The van der Waals surface area contributed by atoms with E-state index in [0.717, 1.165) is 19.4 Å². The van der Waals surface area contributed by atoms with Gasteiger partial charge in [0.2, 0.25) is 0 Å². The summed E-state index contributed by atoms with van der Waals surface area (Å²) in [6, 6.07) is 0. The number of carbonyl (C=O) groups excluding carboxylic acids is 1. The third-order valence-electron chi connectivity index (χ3n) is 2.81. The molecule has 0 spiro atoms. The minimum absolute atomic E-state index is 0.248. The fourth-order valence-corrected chi connectivity index (χ4v) is 1.72. The van der Waals surface area contributed by atoms with Gasteiger partial charge in [0.25, 0.3) is 0 Å². The molecule has 1 heterocycles. The molecule has 1 rings (SSSR count). The summed E-state index contributed by atoms with van der Waals surface area (Å²) in [6.07, 6.45) is 5.51. The maximum absolute atomic E-state index is 10.7. The van der Waals surface area contributed by atoms with Crippen LogP contribution in [-0.2, 0) is 9.59 Å². The number of Topliss-reactive ketones (excluding diaryl/α,β-unsaturated/α-hetero) is 1. The van der Waals surface area contributed by atoms with Crippen LogP contribution in [0.3, 0.4) is 0 Å². The summed E-state index contributed by atoms with van der Waals surface area (Å²) in [4.78, 5) is 22.6. The van der Waals surface area contributed by atoms with E-state index in [9.17, 15) is 9.59 Å². The molecule has 1 saturated heterocycles. The van der Waals surface area contributed by atoms with Crippen molar-refractivity contribution in [3.8, 4) is 0 Å². The highest BCUT2D eigenvalue weighted by molar-refractivity contribution is 5.82. The van der Waals surface area contributed by atoms with Crippen molar-refractivity contribution in [2.24, 2.45) is 0 Å². The number of likely N-dealkylation sites (tertiary alicyclic amines) is 1. The molecule has 0 saturated carbocycles. The number of unbranched alkanes of at least 4 members (excludes halogenated alkanes) is 1. The first kappa shape index (κ1) is 23.0. The SMILES string of the molecule is C/C=C\CCCC(=O)O.CC.O=C1CCN(CCC(O)O)C1. The van der Waals surface area contributed by atoms with Crippen LogP contribution in [0.1, 0.15) is 52.9 Å². The van der Waals surface area contributed by atoms with Crippen molar-refractivity contribution in [3.05, 3.63) is 12.2 Å². The van der Waals surface area contributed by atoms with Gasteiger partial charge in [0.15, 0.2) is 6.29 Å². The average molecular weight is 317 g/mol. The van der Waals surface area contributed by atoms with Gasteiger partial charge in [-0.15, -0.1) is 0 Å². The third-order valence-corrected chi connectivity index (χ3v) is 2.81. The van der Waals surface area contributed by atoms with Crippen molar-refractivity contribution in [2.45, 2.75) is 59.2 Å². The van der Waals surface area contributed by atoms with E-state index in [1.165, 1.54) is 0 Å². The van der Waals surface area contributed by atoms with Crippen LogP contribution < -0.4 is 0 Å². The Labute approximate surface area is 133 Å². The van der Waals surface area contributed by atoms with Gasteiger partial charge >= 0.3 is 5.97 Å². The second-order valence-electron chi connectivity index (χ2n) is 4.69.